The topological polar surface area (TPSA) is 47.0 Å². The Labute approximate surface area is 74.4 Å². The van der Waals surface area contributed by atoms with Gasteiger partial charge in [0.2, 0.25) is 0 Å². The van der Waals surface area contributed by atoms with Gasteiger partial charge >= 0.3 is 0 Å². The standard InChI is InChI=1S/C8H9NO2S/c1-5(3-10)7(11)8-6(2)9-4-12-8/h3-5H,1-2H3. The quantitative estimate of drug-likeness (QED) is 0.405. The maximum absolute atomic E-state index is 11.4. The predicted octanol–water partition coefficient (Wildman–Crippen LogP) is 1.47. The van der Waals surface area contributed by atoms with Crippen molar-refractivity contribution in [1.29, 1.82) is 0 Å². The summed E-state index contributed by atoms with van der Waals surface area (Å²) in [4.78, 5) is 26.2. The van der Waals surface area contributed by atoms with E-state index in [-0.39, 0.29) is 5.78 Å². The van der Waals surface area contributed by atoms with Gasteiger partial charge < -0.3 is 4.79 Å². The summed E-state index contributed by atoms with van der Waals surface area (Å²) < 4.78 is 0. The van der Waals surface area contributed by atoms with Gasteiger partial charge in [-0.2, -0.15) is 0 Å². The number of Topliss-reactive ketones (excluding diaryl/α,β-unsaturated/α-hetero) is 1. The van der Waals surface area contributed by atoms with Crippen LogP contribution in [0.15, 0.2) is 5.51 Å². The minimum absolute atomic E-state index is 0.134. The molecule has 0 N–H and O–H groups in total. The van der Waals surface area contributed by atoms with Crippen molar-refractivity contribution in [2.75, 3.05) is 0 Å². The highest BCUT2D eigenvalue weighted by Gasteiger charge is 2.17. The van der Waals surface area contributed by atoms with Gasteiger partial charge in [-0.25, -0.2) is 4.98 Å². The number of aryl methyl sites for hydroxylation is 1. The van der Waals surface area contributed by atoms with E-state index in [1.165, 1.54) is 11.3 Å². The number of carbonyl (C=O) groups excluding carboxylic acids is 2. The Morgan fingerprint density at radius 3 is 2.83 bits per heavy atom. The molecule has 4 heteroatoms. The molecule has 64 valence electrons. The molecule has 0 bridgehead atoms. The highest BCUT2D eigenvalue weighted by Crippen LogP contribution is 2.16. The molecule has 0 fully saturated rings. The molecule has 1 aromatic heterocycles. The number of thiazole rings is 1. The van der Waals surface area contributed by atoms with Crippen LogP contribution in [-0.4, -0.2) is 17.1 Å². The molecule has 1 aromatic rings. The van der Waals surface area contributed by atoms with E-state index >= 15 is 0 Å². The lowest BCUT2D eigenvalue weighted by atomic mass is 10.1. The number of carbonyl (C=O) groups is 2. The summed E-state index contributed by atoms with van der Waals surface area (Å²) in [6.07, 6.45) is 0.654. The first-order chi connectivity index (χ1) is 5.66. The molecular formula is C8H9NO2S. The van der Waals surface area contributed by atoms with Crippen LogP contribution in [-0.2, 0) is 4.79 Å². The van der Waals surface area contributed by atoms with Crippen molar-refractivity contribution in [3.63, 3.8) is 0 Å². The van der Waals surface area contributed by atoms with Crippen LogP contribution in [0, 0.1) is 12.8 Å². The Morgan fingerprint density at radius 1 is 1.75 bits per heavy atom. The van der Waals surface area contributed by atoms with E-state index in [0.717, 1.165) is 0 Å². The number of aldehydes is 1. The second-order valence-electron chi connectivity index (χ2n) is 2.56. The molecule has 0 amide bonds. The lowest BCUT2D eigenvalue weighted by molar-refractivity contribution is -0.109. The monoisotopic (exact) mass is 183 g/mol. The zero-order chi connectivity index (χ0) is 9.14. The van der Waals surface area contributed by atoms with Gasteiger partial charge in [-0.05, 0) is 13.8 Å². The Morgan fingerprint density at radius 2 is 2.42 bits per heavy atom. The number of ketones is 1. The molecule has 0 aromatic carbocycles. The highest BCUT2D eigenvalue weighted by atomic mass is 32.1. The number of aromatic nitrogens is 1. The highest BCUT2D eigenvalue weighted by molar-refractivity contribution is 7.12. The van der Waals surface area contributed by atoms with Crippen molar-refractivity contribution in [1.82, 2.24) is 4.98 Å². The van der Waals surface area contributed by atoms with Crippen LogP contribution < -0.4 is 0 Å². The summed E-state index contributed by atoms with van der Waals surface area (Å²) in [6, 6.07) is 0. The molecule has 1 unspecified atom stereocenters. The van der Waals surface area contributed by atoms with Gasteiger partial charge in [0.1, 0.15) is 6.29 Å². The zero-order valence-corrected chi connectivity index (χ0v) is 7.72. The van der Waals surface area contributed by atoms with E-state index in [2.05, 4.69) is 4.98 Å². The second-order valence-corrected chi connectivity index (χ2v) is 3.41. The average molecular weight is 183 g/mol. The largest absolute Gasteiger partial charge is 0.303 e. The van der Waals surface area contributed by atoms with Crippen LogP contribution in [0.25, 0.3) is 0 Å². The third-order valence-electron chi connectivity index (χ3n) is 1.59. The molecular weight excluding hydrogens is 174 g/mol. The van der Waals surface area contributed by atoms with Crippen molar-refractivity contribution >= 4 is 23.4 Å². The molecule has 12 heavy (non-hydrogen) atoms. The van der Waals surface area contributed by atoms with Gasteiger partial charge in [-0.3, -0.25) is 4.79 Å². The van der Waals surface area contributed by atoms with E-state index in [0.29, 0.717) is 16.9 Å². The van der Waals surface area contributed by atoms with E-state index in [9.17, 15) is 9.59 Å². The Balaban J connectivity index is 2.92. The van der Waals surface area contributed by atoms with Crippen LogP contribution in [0.4, 0.5) is 0 Å². The average Bonchev–Trinajstić information content (AvgIpc) is 2.48. The Hall–Kier alpha value is -1.03. The fourth-order valence-corrected chi connectivity index (χ4v) is 1.65. The Bertz CT molecular complexity index is 306. The number of rotatable bonds is 3. The lowest BCUT2D eigenvalue weighted by Gasteiger charge is -1.99. The van der Waals surface area contributed by atoms with Crippen LogP contribution in [0.2, 0.25) is 0 Å². The smallest absolute Gasteiger partial charge is 0.184 e. The molecule has 0 aliphatic heterocycles. The van der Waals surface area contributed by atoms with E-state index in [1.807, 2.05) is 0 Å². The molecule has 0 spiro atoms. The van der Waals surface area contributed by atoms with Gasteiger partial charge in [0, 0.05) is 0 Å². The SMILES string of the molecule is Cc1ncsc1C(=O)C(C)C=O. The molecule has 0 aliphatic carbocycles. The summed E-state index contributed by atoms with van der Waals surface area (Å²) >= 11 is 1.28. The third kappa shape index (κ3) is 1.58. The summed E-state index contributed by atoms with van der Waals surface area (Å²) in [5.41, 5.74) is 2.32. The minimum Gasteiger partial charge on any atom is -0.303 e. The first kappa shape index (κ1) is 9.06. The maximum atomic E-state index is 11.4. The normalized spacial score (nSPS) is 12.5. The fraction of sp³-hybridized carbons (Fsp3) is 0.375. The maximum Gasteiger partial charge on any atom is 0.184 e. The second kappa shape index (κ2) is 3.58. The van der Waals surface area contributed by atoms with Crippen molar-refractivity contribution in [3.8, 4) is 0 Å². The fourth-order valence-electron chi connectivity index (χ4n) is 0.807. The zero-order valence-electron chi connectivity index (χ0n) is 6.90. The first-order valence-corrected chi connectivity index (χ1v) is 4.44. The lowest BCUT2D eigenvalue weighted by Crippen LogP contribution is -2.11. The number of hydrogen-bond donors (Lipinski definition) is 0. The van der Waals surface area contributed by atoms with E-state index in [4.69, 9.17) is 0 Å². The van der Waals surface area contributed by atoms with Gasteiger partial charge in [-0.1, -0.05) is 0 Å². The van der Waals surface area contributed by atoms with Crippen LogP contribution in [0.1, 0.15) is 22.3 Å². The van der Waals surface area contributed by atoms with Gasteiger partial charge in [0.25, 0.3) is 0 Å². The minimum atomic E-state index is -0.552. The predicted molar refractivity (Wildman–Crippen MR) is 46.4 cm³/mol. The molecule has 0 saturated heterocycles. The van der Waals surface area contributed by atoms with Crippen LogP contribution in [0.3, 0.4) is 0 Å². The number of nitrogens with zero attached hydrogens (tertiary/aromatic N) is 1. The van der Waals surface area contributed by atoms with Crippen LogP contribution >= 0.6 is 11.3 Å². The molecule has 1 heterocycles. The van der Waals surface area contributed by atoms with Gasteiger partial charge in [-0.15, -0.1) is 11.3 Å². The Kier molecular flexibility index (Phi) is 2.70. The van der Waals surface area contributed by atoms with Gasteiger partial charge in [0.05, 0.1) is 22.0 Å². The van der Waals surface area contributed by atoms with Crippen LogP contribution in [0.5, 0.6) is 0 Å². The third-order valence-corrected chi connectivity index (χ3v) is 2.53. The molecule has 1 rings (SSSR count). The van der Waals surface area contributed by atoms with Crippen molar-refractivity contribution in [2.45, 2.75) is 13.8 Å². The summed E-state index contributed by atoms with van der Waals surface area (Å²) in [5, 5.41) is 0. The number of hydrogen-bond acceptors (Lipinski definition) is 4. The van der Waals surface area contributed by atoms with E-state index < -0.39 is 5.92 Å². The molecule has 0 aliphatic rings. The molecule has 0 saturated carbocycles. The van der Waals surface area contributed by atoms with Gasteiger partial charge in [0.15, 0.2) is 5.78 Å². The molecule has 0 radical (unpaired) electrons. The summed E-state index contributed by atoms with van der Waals surface area (Å²) in [7, 11) is 0. The van der Waals surface area contributed by atoms with Crippen molar-refractivity contribution < 1.29 is 9.59 Å². The first-order valence-electron chi connectivity index (χ1n) is 3.56. The molecule has 3 nitrogen and oxygen atoms in total. The summed E-state index contributed by atoms with van der Waals surface area (Å²) in [6.45, 7) is 3.36. The van der Waals surface area contributed by atoms with E-state index in [1.54, 1.807) is 19.4 Å². The molecule has 1 atom stereocenters. The van der Waals surface area contributed by atoms with Crippen molar-refractivity contribution in [2.24, 2.45) is 5.92 Å². The van der Waals surface area contributed by atoms with Crippen molar-refractivity contribution in [3.05, 3.63) is 16.1 Å². The summed E-state index contributed by atoms with van der Waals surface area (Å²) in [5.74, 6) is -0.686.